The molecule has 0 aliphatic carbocycles. The fourth-order valence-corrected chi connectivity index (χ4v) is 3.74. The summed E-state index contributed by atoms with van der Waals surface area (Å²) in [6, 6.07) is 19.9. The van der Waals surface area contributed by atoms with Crippen molar-refractivity contribution in [2.24, 2.45) is 0 Å². The molecule has 3 aromatic carbocycles. The van der Waals surface area contributed by atoms with Gasteiger partial charge in [0.05, 0.1) is 11.3 Å². The third kappa shape index (κ3) is 5.27. The zero-order valence-electron chi connectivity index (χ0n) is 17.0. The molecule has 0 aliphatic rings. The molecule has 0 saturated heterocycles. The molecule has 1 atom stereocenters. The fraction of sp³-hybridized carbons (Fsp3) is 0.167. The van der Waals surface area contributed by atoms with E-state index in [0.717, 1.165) is 15.6 Å². The Bertz CT molecular complexity index is 1040. The number of halogens is 1. The number of hydrogen-bond donors (Lipinski definition) is 2. The van der Waals surface area contributed by atoms with Gasteiger partial charge in [-0.25, -0.2) is 0 Å². The molecule has 0 fully saturated rings. The smallest absolute Gasteiger partial charge is 0.265 e. The Morgan fingerprint density at radius 3 is 2.17 bits per heavy atom. The van der Waals surface area contributed by atoms with Gasteiger partial charge in [-0.15, -0.1) is 0 Å². The monoisotopic (exact) mass is 466 g/mol. The lowest BCUT2D eigenvalue weighted by Gasteiger charge is -2.19. The summed E-state index contributed by atoms with van der Waals surface area (Å²) in [6.07, 6.45) is -0.742. The molecule has 3 aromatic rings. The summed E-state index contributed by atoms with van der Waals surface area (Å²) < 4.78 is 6.89. The van der Waals surface area contributed by atoms with Gasteiger partial charge in [-0.3, -0.25) is 9.59 Å². The Balaban J connectivity index is 1.73. The number of rotatable bonds is 6. The molecular weight excluding hydrogens is 444 g/mol. The van der Waals surface area contributed by atoms with Gasteiger partial charge in [0.2, 0.25) is 0 Å². The average molecular weight is 467 g/mol. The van der Waals surface area contributed by atoms with Crippen LogP contribution in [0.1, 0.15) is 28.4 Å². The summed E-state index contributed by atoms with van der Waals surface area (Å²) in [4.78, 5) is 25.5. The first-order valence-corrected chi connectivity index (χ1v) is 10.3. The van der Waals surface area contributed by atoms with Gasteiger partial charge >= 0.3 is 0 Å². The quantitative estimate of drug-likeness (QED) is 0.487. The molecule has 3 rings (SSSR count). The molecule has 0 spiro atoms. The molecule has 0 aromatic heterocycles. The Labute approximate surface area is 184 Å². The molecule has 30 heavy (non-hydrogen) atoms. The van der Waals surface area contributed by atoms with Gasteiger partial charge in [-0.05, 0) is 68.3 Å². The Morgan fingerprint density at radius 1 is 0.900 bits per heavy atom. The SMILES string of the molecule is Cc1cc(Br)cc(C)c1OC(C)C(=O)Nc1ccccc1C(=O)Nc1ccccc1. The zero-order chi connectivity index (χ0) is 21.7. The molecule has 154 valence electrons. The van der Waals surface area contributed by atoms with Crippen LogP contribution in [0.15, 0.2) is 71.2 Å². The van der Waals surface area contributed by atoms with Crippen LogP contribution >= 0.6 is 15.9 Å². The number of amides is 2. The van der Waals surface area contributed by atoms with E-state index in [2.05, 4.69) is 26.6 Å². The molecule has 2 N–H and O–H groups in total. The lowest BCUT2D eigenvalue weighted by atomic mass is 10.1. The van der Waals surface area contributed by atoms with Crippen LogP contribution in [0.25, 0.3) is 0 Å². The maximum Gasteiger partial charge on any atom is 0.265 e. The first-order valence-electron chi connectivity index (χ1n) is 9.55. The van der Waals surface area contributed by atoms with Crippen molar-refractivity contribution in [2.45, 2.75) is 26.9 Å². The van der Waals surface area contributed by atoms with Crippen LogP contribution in [0.3, 0.4) is 0 Å². The van der Waals surface area contributed by atoms with Crippen LogP contribution in [-0.4, -0.2) is 17.9 Å². The number of hydrogen-bond acceptors (Lipinski definition) is 3. The molecule has 0 saturated carbocycles. The number of nitrogens with one attached hydrogen (secondary N) is 2. The van der Waals surface area contributed by atoms with E-state index in [1.807, 2.05) is 44.2 Å². The fourth-order valence-electron chi connectivity index (χ4n) is 3.06. The predicted octanol–water partition coefficient (Wildman–Crippen LogP) is 5.72. The van der Waals surface area contributed by atoms with Crippen LogP contribution in [-0.2, 0) is 4.79 Å². The molecular formula is C24H23BrN2O3. The van der Waals surface area contributed by atoms with Crippen LogP contribution < -0.4 is 15.4 Å². The topological polar surface area (TPSA) is 67.4 Å². The summed E-state index contributed by atoms with van der Waals surface area (Å²) in [5.41, 5.74) is 3.35. The number of carbonyl (C=O) groups excluding carboxylic acids is 2. The second-order valence-corrected chi connectivity index (χ2v) is 7.90. The van der Waals surface area contributed by atoms with Gasteiger partial charge in [0.15, 0.2) is 6.10 Å². The van der Waals surface area contributed by atoms with E-state index in [0.29, 0.717) is 22.7 Å². The van der Waals surface area contributed by atoms with E-state index < -0.39 is 6.10 Å². The molecule has 0 radical (unpaired) electrons. The second kappa shape index (κ2) is 9.59. The maximum atomic E-state index is 12.8. The molecule has 6 heteroatoms. The van der Waals surface area contributed by atoms with Gasteiger partial charge in [0.1, 0.15) is 5.75 Å². The van der Waals surface area contributed by atoms with Gasteiger partial charge < -0.3 is 15.4 Å². The molecule has 0 bridgehead atoms. The minimum absolute atomic E-state index is 0.301. The van der Waals surface area contributed by atoms with Crippen molar-refractivity contribution < 1.29 is 14.3 Å². The van der Waals surface area contributed by atoms with Crippen molar-refractivity contribution in [1.82, 2.24) is 0 Å². The number of aryl methyl sites for hydroxylation is 2. The van der Waals surface area contributed by atoms with Crippen molar-refractivity contribution in [2.75, 3.05) is 10.6 Å². The third-order valence-electron chi connectivity index (χ3n) is 4.55. The molecule has 2 amide bonds. The van der Waals surface area contributed by atoms with Gasteiger partial charge in [-0.2, -0.15) is 0 Å². The molecule has 0 aliphatic heterocycles. The number of ether oxygens (including phenoxy) is 1. The normalized spacial score (nSPS) is 11.5. The first-order chi connectivity index (χ1) is 14.3. The first kappa shape index (κ1) is 21.6. The Kier molecular flexibility index (Phi) is 6.90. The number of benzene rings is 3. The Morgan fingerprint density at radius 2 is 1.50 bits per heavy atom. The number of anilines is 2. The van der Waals surface area contributed by atoms with Crippen LogP contribution in [0.4, 0.5) is 11.4 Å². The lowest BCUT2D eigenvalue weighted by molar-refractivity contribution is -0.122. The van der Waals surface area contributed by atoms with Crippen molar-refractivity contribution >= 4 is 39.1 Å². The van der Waals surface area contributed by atoms with Crippen molar-refractivity contribution in [1.29, 1.82) is 0 Å². The van der Waals surface area contributed by atoms with E-state index in [1.165, 1.54) is 0 Å². The van der Waals surface area contributed by atoms with Crippen molar-refractivity contribution in [3.05, 3.63) is 87.9 Å². The van der Waals surface area contributed by atoms with E-state index in [4.69, 9.17) is 4.74 Å². The minimum atomic E-state index is -0.742. The summed E-state index contributed by atoms with van der Waals surface area (Å²) in [5.74, 6) is 0.0397. The molecule has 5 nitrogen and oxygen atoms in total. The summed E-state index contributed by atoms with van der Waals surface area (Å²) in [5, 5.41) is 5.65. The minimum Gasteiger partial charge on any atom is -0.480 e. The average Bonchev–Trinajstić information content (AvgIpc) is 2.71. The maximum absolute atomic E-state index is 12.8. The standard InChI is InChI=1S/C24H23BrN2O3/c1-15-13-18(25)14-16(2)22(15)30-17(3)23(28)27-21-12-8-7-11-20(21)24(29)26-19-9-5-4-6-10-19/h4-14,17H,1-3H3,(H,26,29)(H,27,28). The lowest BCUT2D eigenvalue weighted by Crippen LogP contribution is -2.31. The van der Waals surface area contributed by atoms with E-state index >= 15 is 0 Å². The predicted molar refractivity (Wildman–Crippen MR) is 123 cm³/mol. The van der Waals surface area contributed by atoms with Gasteiger partial charge in [0, 0.05) is 10.2 Å². The highest BCUT2D eigenvalue weighted by atomic mass is 79.9. The largest absolute Gasteiger partial charge is 0.480 e. The number of carbonyl (C=O) groups is 2. The van der Waals surface area contributed by atoms with Crippen LogP contribution in [0, 0.1) is 13.8 Å². The van der Waals surface area contributed by atoms with Crippen molar-refractivity contribution in [3.8, 4) is 5.75 Å². The molecule has 1 unspecified atom stereocenters. The highest BCUT2D eigenvalue weighted by Crippen LogP contribution is 2.28. The summed E-state index contributed by atoms with van der Waals surface area (Å²) in [6.45, 7) is 5.55. The third-order valence-corrected chi connectivity index (χ3v) is 5.01. The van der Waals surface area contributed by atoms with Crippen LogP contribution in [0.2, 0.25) is 0 Å². The summed E-state index contributed by atoms with van der Waals surface area (Å²) in [7, 11) is 0. The zero-order valence-corrected chi connectivity index (χ0v) is 18.6. The second-order valence-electron chi connectivity index (χ2n) is 6.98. The van der Waals surface area contributed by atoms with Gasteiger partial charge in [0.25, 0.3) is 11.8 Å². The van der Waals surface area contributed by atoms with Crippen molar-refractivity contribution in [3.63, 3.8) is 0 Å². The van der Waals surface area contributed by atoms with Gasteiger partial charge in [-0.1, -0.05) is 46.3 Å². The molecule has 0 heterocycles. The van der Waals surface area contributed by atoms with E-state index in [9.17, 15) is 9.59 Å². The summed E-state index contributed by atoms with van der Waals surface area (Å²) >= 11 is 3.46. The van der Waals surface area contributed by atoms with E-state index in [1.54, 1.807) is 43.3 Å². The van der Waals surface area contributed by atoms with E-state index in [-0.39, 0.29) is 11.8 Å². The highest BCUT2D eigenvalue weighted by Gasteiger charge is 2.20. The Hall–Kier alpha value is -3.12. The van der Waals surface area contributed by atoms with Crippen LogP contribution in [0.5, 0.6) is 5.75 Å². The highest BCUT2D eigenvalue weighted by molar-refractivity contribution is 9.10. The number of para-hydroxylation sites is 2.